The van der Waals surface area contributed by atoms with Crippen LogP contribution in [0.25, 0.3) is 11.2 Å². The van der Waals surface area contributed by atoms with Gasteiger partial charge in [0.15, 0.2) is 36.9 Å². The average molecular weight is 1130 g/mol. The number of nitriles is 1. The lowest BCUT2D eigenvalue weighted by Gasteiger charge is -2.39. The summed E-state index contributed by atoms with van der Waals surface area (Å²) in [6, 6.07) is 32.2. The number of hydrogen-bond donors (Lipinski definition) is 3. The summed E-state index contributed by atoms with van der Waals surface area (Å²) in [5.74, 6) is -7.16. The van der Waals surface area contributed by atoms with Gasteiger partial charge in [0, 0.05) is 12.1 Å². The predicted molar refractivity (Wildman–Crippen MR) is 274 cm³/mol. The Morgan fingerprint density at radius 2 is 1.39 bits per heavy atom. The zero-order valence-electron chi connectivity index (χ0n) is 43.4. The number of rotatable bonds is 24. The molecule has 4 aromatic carbocycles. The highest BCUT2D eigenvalue weighted by Gasteiger charge is 2.63. The van der Waals surface area contributed by atoms with Crippen molar-refractivity contribution in [3.63, 3.8) is 0 Å². The molecular weight excluding hydrogens is 1070 g/mol. The van der Waals surface area contributed by atoms with Crippen LogP contribution in [0.5, 0.6) is 17.2 Å². The van der Waals surface area contributed by atoms with Crippen molar-refractivity contribution in [1.82, 2.24) is 24.2 Å². The maximum atomic E-state index is 13.8. The highest BCUT2D eigenvalue weighted by molar-refractivity contribution is 7.63. The fraction of sp³-hybridized carbons (Fsp3) is 0.396. The third kappa shape index (κ3) is 13.6. The molecule has 2 aromatic heterocycles. The molecule has 19 nitrogen and oxygen atoms in total. The summed E-state index contributed by atoms with van der Waals surface area (Å²) >= 11 is 0. The molecule has 1 aliphatic rings. The number of halogens is 6. The molecular formula is C53H57F6N7O12P+. The molecule has 1 amide bonds. The molecule has 1 saturated heterocycles. The van der Waals surface area contributed by atoms with E-state index in [9.17, 15) is 50.9 Å². The van der Waals surface area contributed by atoms with Gasteiger partial charge in [-0.05, 0) is 80.8 Å². The lowest BCUT2D eigenvalue weighted by atomic mass is 9.80. The van der Waals surface area contributed by atoms with Gasteiger partial charge in [-0.3, -0.25) is 29.3 Å². The summed E-state index contributed by atoms with van der Waals surface area (Å²) in [6.07, 6.45) is -18.6. The molecule has 7 rings (SSSR count). The number of esters is 1. The second-order valence-corrected chi connectivity index (χ2v) is 20.9. The average Bonchev–Trinajstić information content (AvgIpc) is 4.16. The number of aromatic amines is 1. The van der Waals surface area contributed by atoms with Crippen LogP contribution in [0.3, 0.4) is 0 Å². The van der Waals surface area contributed by atoms with Gasteiger partial charge in [0.25, 0.3) is 11.5 Å². The Morgan fingerprint density at radius 1 is 0.835 bits per heavy atom. The van der Waals surface area contributed by atoms with Crippen LogP contribution in [0.1, 0.15) is 57.0 Å². The number of methoxy groups -OCH3 is 2. The minimum Gasteiger partial charge on any atom is -0.497 e. The molecule has 79 heavy (non-hydrogen) atoms. The summed E-state index contributed by atoms with van der Waals surface area (Å²) in [7, 11) is -1.12. The highest BCUT2D eigenvalue weighted by atomic mass is 31.2. The van der Waals surface area contributed by atoms with Crippen molar-refractivity contribution in [2.75, 3.05) is 45.7 Å². The van der Waals surface area contributed by atoms with Crippen LogP contribution >= 0.6 is 7.87 Å². The van der Waals surface area contributed by atoms with Gasteiger partial charge < -0.3 is 33.2 Å². The minimum atomic E-state index is -6.13. The highest BCUT2D eigenvalue weighted by Crippen LogP contribution is 2.64. The number of amides is 1. The van der Waals surface area contributed by atoms with Crippen LogP contribution in [0, 0.1) is 17.2 Å². The number of para-hydroxylation sites is 1. The second-order valence-electron chi connectivity index (χ2n) is 18.4. The molecule has 0 aliphatic carbocycles. The van der Waals surface area contributed by atoms with Crippen molar-refractivity contribution in [2.24, 2.45) is 5.92 Å². The Balaban J connectivity index is 1.40. The molecule has 26 heteroatoms. The monoisotopic (exact) mass is 1130 g/mol. The quantitative estimate of drug-likeness (QED) is 0.0169. The first-order valence-electron chi connectivity index (χ1n) is 24.5. The van der Waals surface area contributed by atoms with E-state index >= 15 is 0 Å². The molecule has 0 radical (unpaired) electrons. The topological polar surface area (TPSA) is 231 Å². The van der Waals surface area contributed by atoms with Crippen LogP contribution in [0.15, 0.2) is 120 Å². The van der Waals surface area contributed by atoms with Crippen molar-refractivity contribution in [2.45, 2.75) is 88.7 Å². The van der Waals surface area contributed by atoms with Gasteiger partial charge in [-0.25, -0.2) is 9.88 Å². The van der Waals surface area contributed by atoms with Gasteiger partial charge in [0.2, 0.25) is 11.9 Å². The van der Waals surface area contributed by atoms with E-state index in [1.165, 1.54) is 14.2 Å². The van der Waals surface area contributed by atoms with Crippen molar-refractivity contribution >= 4 is 36.9 Å². The number of anilines is 1. The Labute approximate surface area is 449 Å². The second kappa shape index (κ2) is 25.3. The van der Waals surface area contributed by atoms with Crippen LogP contribution < -0.4 is 25.1 Å². The van der Waals surface area contributed by atoms with Crippen molar-refractivity contribution in [3.8, 4) is 23.3 Å². The normalized spacial score (nSPS) is 17.7. The number of aromatic nitrogens is 4. The molecule has 3 heterocycles. The van der Waals surface area contributed by atoms with Gasteiger partial charge in [0.05, 0.1) is 39.6 Å². The van der Waals surface area contributed by atoms with Crippen LogP contribution in [-0.4, -0.2) is 124 Å². The van der Waals surface area contributed by atoms with Crippen molar-refractivity contribution < 1.29 is 78.5 Å². The van der Waals surface area contributed by atoms with Gasteiger partial charge in [-0.1, -0.05) is 72.8 Å². The first-order valence-corrected chi connectivity index (χ1v) is 26.3. The molecule has 1 fully saturated rings. The third-order valence-corrected chi connectivity index (χ3v) is 15.6. The number of nitrogens with zero attached hydrogens (tertiary/aromatic N) is 5. The van der Waals surface area contributed by atoms with E-state index in [1.807, 2.05) is 6.07 Å². The summed E-state index contributed by atoms with van der Waals surface area (Å²) in [5.41, 5.74) is -1.49. The van der Waals surface area contributed by atoms with Crippen LogP contribution in [0.4, 0.5) is 32.3 Å². The smallest absolute Gasteiger partial charge is 0.411 e. The number of hydrogen-bond acceptors (Lipinski definition) is 16. The van der Waals surface area contributed by atoms with E-state index in [4.69, 9.17) is 32.9 Å². The van der Waals surface area contributed by atoms with E-state index in [-0.39, 0.29) is 23.7 Å². The minimum absolute atomic E-state index is 0.270. The first-order chi connectivity index (χ1) is 37.5. The molecule has 1 unspecified atom stereocenters. The fourth-order valence-corrected chi connectivity index (χ4v) is 12.2. The number of H-pyrrole nitrogens is 1. The number of alkyl halides is 6. The van der Waals surface area contributed by atoms with E-state index in [0.717, 1.165) is 10.9 Å². The first kappa shape index (κ1) is 59.5. The zero-order valence-corrected chi connectivity index (χ0v) is 44.3. The van der Waals surface area contributed by atoms with E-state index in [0.29, 0.717) is 33.9 Å². The fourth-order valence-electron chi connectivity index (χ4n) is 9.30. The van der Waals surface area contributed by atoms with E-state index in [2.05, 4.69) is 25.0 Å². The Kier molecular flexibility index (Phi) is 19.1. The number of nitrogens with one attached hydrogen (secondary N) is 2. The Morgan fingerprint density at radius 3 is 1.92 bits per heavy atom. The number of benzene rings is 4. The zero-order chi connectivity index (χ0) is 57.3. The number of carbonyl (C=O) groups is 2. The molecule has 0 saturated carbocycles. The lowest BCUT2D eigenvalue weighted by molar-refractivity contribution is -0.285. The van der Waals surface area contributed by atoms with Gasteiger partial charge in [0.1, 0.15) is 41.2 Å². The molecule has 0 spiro atoms. The molecule has 0 bridgehead atoms. The molecule has 1 aliphatic heterocycles. The lowest BCUT2D eigenvalue weighted by Crippen LogP contribution is -2.46. The SMILES string of the molecule is COc1ccc(C(OC[C@H]2O[C@@H](n3cnc4c(=O)[nH]c(NC(=O)COc5ccccc5)nc43)[C@H](OCOC(=O)C(C(F)(F)F)C(F)(F)F)[C@@H]2O[P+](O)(CCC#N)N(C(C)C)C(C)C)(c2ccccc2)c2ccc(OC)cc2)cc1. The van der Waals surface area contributed by atoms with Crippen molar-refractivity contribution in [1.29, 1.82) is 5.26 Å². The number of fused-ring (bicyclic) bond motifs is 1. The summed E-state index contributed by atoms with van der Waals surface area (Å²) in [5, 5.41) is 12.3. The van der Waals surface area contributed by atoms with Crippen molar-refractivity contribution in [3.05, 3.63) is 143 Å². The van der Waals surface area contributed by atoms with Gasteiger partial charge >= 0.3 is 26.2 Å². The molecule has 422 valence electrons. The Bertz CT molecular complexity index is 3020. The molecule has 5 atom stereocenters. The van der Waals surface area contributed by atoms with Gasteiger partial charge in [-0.2, -0.15) is 41.1 Å². The molecule has 6 aromatic rings. The van der Waals surface area contributed by atoms with Gasteiger partial charge in [-0.15, -0.1) is 4.67 Å². The number of imidazole rings is 1. The maximum absolute atomic E-state index is 13.8. The van der Waals surface area contributed by atoms with E-state index < -0.39 is 112 Å². The summed E-state index contributed by atoms with van der Waals surface area (Å²) < 4.78 is 134. The standard InChI is InChI=1S/C53H56F6N7O12P/c1-32(2)66(33(3)4)79(70,27-13-26-60)78-43-40(28-76-51(34-14-9-7-10-15-34,35-18-22-37(71-5)23-19-35)36-20-24-38(72-6)25-21-36)77-48(44(43)74-31-75-49(69)45(52(54,55)56)53(57,58)59)65-30-61-42-46(65)63-50(64-47(42)68)62-41(67)29-73-39-16-11-8-12-17-39/h7-12,14-25,30,32-33,40,43-45,48,70H,13,27-29,31H2,1-6H3,(H-,62,63,64,67,68)/p+1/t40-,43-,44-,48-,79?/m1/s1. The number of ether oxygens (including phenoxy) is 7. The van der Waals surface area contributed by atoms with Crippen LogP contribution in [0.2, 0.25) is 0 Å². The summed E-state index contributed by atoms with van der Waals surface area (Å²) in [4.78, 5) is 63.6. The third-order valence-electron chi connectivity index (χ3n) is 12.6. The van der Waals surface area contributed by atoms with Crippen LogP contribution in [-0.2, 0) is 38.7 Å². The largest absolute Gasteiger partial charge is 0.497 e. The maximum Gasteiger partial charge on any atom is 0.411 e. The number of carbonyl (C=O) groups excluding carboxylic acids is 2. The molecule has 3 N–H and O–H groups in total. The predicted octanol–water partition coefficient (Wildman–Crippen LogP) is 8.86. The Hall–Kier alpha value is -7.17. The summed E-state index contributed by atoms with van der Waals surface area (Å²) in [6.45, 7) is 4.33. The van der Waals surface area contributed by atoms with E-state index in [1.54, 1.807) is 142 Å².